The summed E-state index contributed by atoms with van der Waals surface area (Å²) >= 11 is 6.24. The molecule has 2 aliphatic rings. The van der Waals surface area contributed by atoms with Gasteiger partial charge in [-0.25, -0.2) is 0 Å². The number of likely N-dealkylation sites (N-methyl/N-ethyl adjacent to an activating group) is 1. The molecule has 4 rings (SSSR count). The van der Waals surface area contributed by atoms with Gasteiger partial charge in [-0.15, -0.1) is 0 Å². The SMILES string of the molecule is CC(CCN1CCN(C)CC1)Nc1c2c(nc3cc(Cl)ccc13)CCCC2. The maximum absolute atomic E-state index is 6.24. The van der Waals surface area contributed by atoms with E-state index in [0.29, 0.717) is 6.04 Å². The molecule has 1 aromatic heterocycles. The standard InChI is InChI=1S/C22H31ClN4/c1-16(9-10-27-13-11-26(2)12-14-27)24-22-18-5-3-4-6-20(18)25-21-15-17(23)7-8-19(21)22/h7-8,15-16H,3-6,9-14H2,1-2H3,(H,24,25). The van der Waals surface area contributed by atoms with Crippen molar-refractivity contribution in [2.75, 3.05) is 45.1 Å². The molecule has 0 radical (unpaired) electrons. The third-order valence-electron chi connectivity index (χ3n) is 6.09. The molecule has 4 nitrogen and oxygen atoms in total. The highest BCUT2D eigenvalue weighted by Gasteiger charge is 2.20. The predicted molar refractivity (Wildman–Crippen MR) is 115 cm³/mol. The van der Waals surface area contributed by atoms with Crippen molar-refractivity contribution in [2.24, 2.45) is 0 Å². The van der Waals surface area contributed by atoms with E-state index in [1.165, 1.54) is 67.9 Å². The summed E-state index contributed by atoms with van der Waals surface area (Å²) in [5.74, 6) is 0. The lowest BCUT2D eigenvalue weighted by atomic mass is 9.92. The molecule has 1 fully saturated rings. The summed E-state index contributed by atoms with van der Waals surface area (Å²) in [5, 5.41) is 5.84. The van der Waals surface area contributed by atoms with Crippen molar-refractivity contribution in [3.63, 3.8) is 0 Å². The van der Waals surface area contributed by atoms with Gasteiger partial charge in [-0.05, 0) is 69.8 Å². The molecule has 0 spiro atoms. The number of benzene rings is 1. The fourth-order valence-electron chi connectivity index (χ4n) is 4.33. The second-order valence-electron chi connectivity index (χ2n) is 8.26. The van der Waals surface area contributed by atoms with Crippen molar-refractivity contribution in [1.82, 2.24) is 14.8 Å². The van der Waals surface area contributed by atoms with Crippen LogP contribution in [0.3, 0.4) is 0 Å². The number of nitrogens with one attached hydrogen (secondary N) is 1. The molecule has 1 aliphatic carbocycles. The topological polar surface area (TPSA) is 31.4 Å². The Hall–Kier alpha value is -1.36. The van der Waals surface area contributed by atoms with E-state index in [0.717, 1.165) is 29.8 Å². The van der Waals surface area contributed by atoms with Gasteiger partial charge in [-0.3, -0.25) is 4.98 Å². The molecule has 1 unspecified atom stereocenters. The normalized spacial score (nSPS) is 19.8. The Labute approximate surface area is 167 Å². The number of piperazine rings is 1. The minimum absolute atomic E-state index is 0.442. The van der Waals surface area contributed by atoms with Crippen LogP contribution in [0, 0.1) is 0 Å². The number of aryl methyl sites for hydroxylation is 1. The van der Waals surface area contributed by atoms with Gasteiger partial charge in [0.2, 0.25) is 0 Å². The first-order valence-corrected chi connectivity index (χ1v) is 10.8. The molecule has 0 amide bonds. The summed E-state index contributed by atoms with van der Waals surface area (Å²) < 4.78 is 0. The van der Waals surface area contributed by atoms with Crippen molar-refractivity contribution >= 4 is 28.2 Å². The van der Waals surface area contributed by atoms with Crippen molar-refractivity contribution < 1.29 is 0 Å². The zero-order valence-electron chi connectivity index (χ0n) is 16.6. The Morgan fingerprint density at radius 1 is 1.15 bits per heavy atom. The van der Waals surface area contributed by atoms with Crippen LogP contribution in [0.25, 0.3) is 10.9 Å². The molecule has 2 aromatic rings. The maximum Gasteiger partial charge on any atom is 0.0741 e. The molecular weight excluding hydrogens is 356 g/mol. The molecule has 146 valence electrons. The first-order chi connectivity index (χ1) is 13.1. The van der Waals surface area contributed by atoms with Gasteiger partial charge in [-0.1, -0.05) is 11.6 Å². The Morgan fingerprint density at radius 2 is 1.93 bits per heavy atom. The van der Waals surface area contributed by atoms with E-state index in [1.807, 2.05) is 12.1 Å². The molecule has 0 saturated carbocycles. The third-order valence-corrected chi connectivity index (χ3v) is 6.33. The summed E-state index contributed by atoms with van der Waals surface area (Å²) in [4.78, 5) is 9.94. The van der Waals surface area contributed by atoms with Crippen LogP contribution >= 0.6 is 11.6 Å². The average molecular weight is 387 g/mol. The zero-order valence-corrected chi connectivity index (χ0v) is 17.4. The first-order valence-electron chi connectivity index (χ1n) is 10.4. The number of hydrogen-bond acceptors (Lipinski definition) is 4. The van der Waals surface area contributed by atoms with Crippen molar-refractivity contribution in [2.45, 2.75) is 45.1 Å². The number of hydrogen-bond donors (Lipinski definition) is 1. The van der Waals surface area contributed by atoms with E-state index < -0.39 is 0 Å². The molecular formula is C22H31ClN4. The third kappa shape index (κ3) is 4.39. The number of halogens is 1. The fourth-order valence-corrected chi connectivity index (χ4v) is 4.50. The van der Waals surface area contributed by atoms with Gasteiger partial charge in [0.25, 0.3) is 0 Å². The lowest BCUT2D eigenvalue weighted by Gasteiger charge is -2.33. The second kappa shape index (κ2) is 8.34. The Kier molecular flexibility index (Phi) is 5.86. The van der Waals surface area contributed by atoms with Crippen LogP contribution in [-0.2, 0) is 12.8 Å². The number of aromatic nitrogens is 1. The molecule has 5 heteroatoms. The van der Waals surface area contributed by atoms with E-state index in [1.54, 1.807) is 0 Å². The highest BCUT2D eigenvalue weighted by molar-refractivity contribution is 6.31. The second-order valence-corrected chi connectivity index (χ2v) is 8.70. The average Bonchev–Trinajstić information content (AvgIpc) is 2.67. The van der Waals surface area contributed by atoms with E-state index >= 15 is 0 Å². The number of rotatable bonds is 5. The number of anilines is 1. The summed E-state index contributed by atoms with van der Waals surface area (Å²) in [6.45, 7) is 8.23. The van der Waals surface area contributed by atoms with Crippen LogP contribution in [0.5, 0.6) is 0 Å². The molecule has 1 aliphatic heterocycles. The molecule has 0 bridgehead atoms. The van der Waals surface area contributed by atoms with Crippen LogP contribution in [-0.4, -0.2) is 60.6 Å². The molecule has 1 N–H and O–H groups in total. The summed E-state index contributed by atoms with van der Waals surface area (Å²) in [6.07, 6.45) is 5.88. The highest BCUT2D eigenvalue weighted by atomic mass is 35.5. The van der Waals surface area contributed by atoms with Crippen LogP contribution < -0.4 is 5.32 Å². The summed E-state index contributed by atoms with van der Waals surface area (Å²) in [5.41, 5.74) is 5.03. The van der Waals surface area contributed by atoms with Gasteiger partial charge < -0.3 is 15.1 Å². The summed E-state index contributed by atoms with van der Waals surface area (Å²) in [6, 6.07) is 6.57. The van der Waals surface area contributed by atoms with Gasteiger partial charge in [0.05, 0.1) is 5.52 Å². The summed E-state index contributed by atoms with van der Waals surface area (Å²) in [7, 11) is 2.21. The zero-order chi connectivity index (χ0) is 18.8. The minimum atomic E-state index is 0.442. The van der Waals surface area contributed by atoms with Crippen molar-refractivity contribution in [3.8, 4) is 0 Å². The van der Waals surface area contributed by atoms with Gasteiger partial charge in [-0.2, -0.15) is 0 Å². The monoisotopic (exact) mass is 386 g/mol. The number of nitrogens with zero attached hydrogens (tertiary/aromatic N) is 3. The van der Waals surface area contributed by atoms with Crippen LogP contribution in [0.1, 0.15) is 37.4 Å². The number of pyridine rings is 1. The molecule has 2 heterocycles. The van der Waals surface area contributed by atoms with Crippen molar-refractivity contribution in [1.29, 1.82) is 0 Å². The van der Waals surface area contributed by atoms with Crippen molar-refractivity contribution in [3.05, 3.63) is 34.5 Å². The molecule has 1 aromatic carbocycles. The Balaban J connectivity index is 1.51. The Morgan fingerprint density at radius 3 is 2.74 bits per heavy atom. The van der Waals surface area contributed by atoms with E-state index in [9.17, 15) is 0 Å². The van der Waals surface area contributed by atoms with Gasteiger partial charge in [0.1, 0.15) is 0 Å². The highest BCUT2D eigenvalue weighted by Crippen LogP contribution is 2.35. The maximum atomic E-state index is 6.24. The van der Waals surface area contributed by atoms with E-state index in [2.05, 4.69) is 35.2 Å². The quantitative estimate of drug-likeness (QED) is 0.834. The van der Waals surface area contributed by atoms with E-state index in [-0.39, 0.29) is 0 Å². The number of fused-ring (bicyclic) bond motifs is 2. The van der Waals surface area contributed by atoms with Crippen LogP contribution in [0.4, 0.5) is 5.69 Å². The first kappa shape index (κ1) is 19.0. The lowest BCUT2D eigenvalue weighted by Crippen LogP contribution is -2.45. The van der Waals surface area contributed by atoms with Gasteiger partial charge in [0.15, 0.2) is 0 Å². The minimum Gasteiger partial charge on any atom is -0.382 e. The van der Waals surface area contributed by atoms with E-state index in [4.69, 9.17) is 16.6 Å². The smallest absolute Gasteiger partial charge is 0.0741 e. The molecule has 1 saturated heterocycles. The fraction of sp³-hybridized carbons (Fsp3) is 0.591. The lowest BCUT2D eigenvalue weighted by molar-refractivity contribution is 0.151. The predicted octanol–water partition coefficient (Wildman–Crippen LogP) is 4.20. The molecule has 27 heavy (non-hydrogen) atoms. The largest absolute Gasteiger partial charge is 0.382 e. The van der Waals surface area contributed by atoms with Gasteiger partial charge in [0, 0.05) is 60.6 Å². The Bertz CT molecular complexity index is 798. The van der Waals surface area contributed by atoms with Crippen LogP contribution in [0.15, 0.2) is 18.2 Å². The van der Waals surface area contributed by atoms with Crippen LogP contribution in [0.2, 0.25) is 5.02 Å². The van der Waals surface area contributed by atoms with Gasteiger partial charge >= 0.3 is 0 Å². The molecule has 1 atom stereocenters.